The Kier molecular flexibility index (Phi) is 5.61. The molecule has 0 aliphatic carbocycles. The number of rotatable bonds is 5. The number of anilines is 2. The van der Waals surface area contributed by atoms with Crippen molar-refractivity contribution in [1.82, 2.24) is 14.9 Å². The van der Waals surface area contributed by atoms with Crippen molar-refractivity contribution in [2.24, 2.45) is 0 Å². The molecular formula is C23H22FN5O3S. The highest BCUT2D eigenvalue weighted by Crippen LogP contribution is 2.34. The fourth-order valence-corrected chi connectivity index (χ4v) is 4.68. The SMILES string of the molecule is COc1ccc2cn(-c3nc(C(=O)Nc4cc(F)ccc4N4CCNCC4)cs3)c(O)c2c1. The van der Waals surface area contributed by atoms with Crippen molar-refractivity contribution >= 4 is 39.4 Å². The molecule has 0 bridgehead atoms. The largest absolute Gasteiger partial charge is 0.497 e. The number of carbonyl (C=O) groups is 1. The van der Waals surface area contributed by atoms with E-state index in [2.05, 4.69) is 20.5 Å². The standard InChI is InChI=1S/C23H22FN5O3S/c1-32-16-4-2-14-12-29(22(31)17(14)11-16)23-27-19(13-33-23)21(30)26-18-10-15(24)3-5-20(18)28-8-6-25-7-9-28/h2-5,10-13,25,31H,6-9H2,1H3,(H,26,30). The van der Waals surface area contributed by atoms with E-state index in [9.17, 15) is 14.3 Å². The summed E-state index contributed by atoms with van der Waals surface area (Å²) >= 11 is 1.22. The summed E-state index contributed by atoms with van der Waals surface area (Å²) in [6, 6.07) is 9.78. The molecule has 1 fully saturated rings. The average molecular weight is 468 g/mol. The molecule has 33 heavy (non-hydrogen) atoms. The third-order valence-electron chi connectivity index (χ3n) is 5.59. The Balaban J connectivity index is 1.41. The number of fused-ring (bicyclic) bond motifs is 1. The second kappa shape index (κ2) is 8.72. The predicted molar refractivity (Wildman–Crippen MR) is 127 cm³/mol. The quantitative estimate of drug-likeness (QED) is 0.416. The van der Waals surface area contributed by atoms with Crippen molar-refractivity contribution < 1.29 is 19.0 Å². The summed E-state index contributed by atoms with van der Waals surface area (Å²) in [5, 5.41) is 20.2. The number of nitrogens with zero attached hydrogens (tertiary/aromatic N) is 3. The molecule has 0 spiro atoms. The van der Waals surface area contributed by atoms with Crippen LogP contribution in [-0.4, -0.2) is 53.9 Å². The summed E-state index contributed by atoms with van der Waals surface area (Å²) in [4.78, 5) is 19.4. The number of ether oxygens (including phenoxy) is 1. The average Bonchev–Trinajstić information content (AvgIpc) is 3.44. The molecule has 0 atom stereocenters. The van der Waals surface area contributed by atoms with Crippen LogP contribution in [0.3, 0.4) is 0 Å². The highest BCUT2D eigenvalue weighted by atomic mass is 32.1. The van der Waals surface area contributed by atoms with Gasteiger partial charge in [0.25, 0.3) is 5.91 Å². The van der Waals surface area contributed by atoms with Crippen LogP contribution in [0.1, 0.15) is 10.5 Å². The molecule has 0 radical (unpaired) electrons. The Bertz CT molecular complexity index is 1330. The minimum atomic E-state index is -0.447. The first kappa shape index (κ1) is 21.2. The van der Waals surface area contributed by atoms with Crippen LogP contribution in [0, 0.1) is 5.82 Å². The number of benzene rings is 2. The molecule has 0 saturated carbocycles. The third-order valence-corrected chi connectivity index (χ3v) is 6.43. The van der Waals surface area contributed by atoms with E-state index in [0.29, 0.717) is 22.0 Å². The second-order valence-electron chi connectivity index (χ2n) is 7.64. The molecule has 3 heterocycles. The Hall–Kier alpha value is -3.63. The van der Waals surface area contributed by atoms with E-state index in [-0.39, 0.29) is 11.6 Å². The molecule has 170 valence electrons. The van der Waals surface area contributed by atoms with Crippen LogP contribution in [0.25, 0.3) is 15.9 Å². The second-order valence-corrected chi connectivity index (χ2v) is 8.48. The van der Waals surface area contributed by atoms with E-state index in [1.165, 1.54) is 28.0 Å². The van der Waals surface area contributed by atoms with Crippen molar-refractivity contribution in [3.05, 3.63) is 59.5 Å². The van der Waals surface area contributed by atoms with Gasteiger partial charge in [-0.05, 0) is 36.4 Å². The van der Waals surface area contributed by atoms with Gasteiger partial charge in [0.2, 0.25) is 5.88 Å². The van der Waals surface area contributed by atoms with E-state index in [1.54, 1.807) is 30.8 Å². The minimum Gasteiger partial charge on any atom is -0.497 e. The van der Waals surface area contributed by atoms with Crippen molar-refractivity contribution in [2.75, 3.05) is 43.5 Å². The molecule has 1 aliphatic rings. The molecule has 5 rings (SSSR count). The summed E-state index contributed by atoms with van der Waals surface area (Å²) in [6.45, 7) is 3.17. The Morgan fingerprint density at radius 3 is 2.85 bits per heavy atom. The number of halogens is 1. The fourth-order valence-electron chi connectivity index (χ4n) is 3.90. The van der Waals surface area contributed by atoms with Crippen LogP contribution < -0.4 is 20.3 Å². The van der Waals surface area contributed by atoms with Crippen LogP contribution in [0.4, 0.5) is 15.8 Å². The molecule has 0 unspecified atom stereocenters. The molecule has 10 heteroatoms. The summed E-state index contributed by atoms with van der Waals surface area (Å²) in [5.41, 5.74) is 1.35. The smallest absolute Gasteiger partial charge is 0.275 e. The van der Waals surface area contributed by atoms with Gasteiger partial charge in [-0.3, -0.25) is 9.36 Å². The van der Waals surface area contributed by atoms with E-state index >= 15 is 0 Å². The molecule has 1 saturated heterocycles. The van der Waals surface area contributed by atoms with Gasteiger partial charge in [-0.25, -0.2) is 9.37 Å². The van der Waals surface area contributed by atoms with E-state index in [4.69, 9.17) is 4.74 Å². The molecule has 1 aliphatic heterocycles. The van der Waals surface area contributed by atoms with Crippen LogP contribution >= 0.6 is 11.3 Å². The molecule has 2 aromatic carbocycles. The number of amides is 1. The highest BCUT2D eigenvalue weighted by molar-refractivity contribution is 7.12. The number of nitrogens with one attached hydrogen (secondary N) is 2. The summed E-state index contributed by atoms with van der Waals surface area (Å²) < 4.78 is 20.7. The van der Waals surface area contributed by atoms with Crippen LogP contribution in [0.2, 0.25) is 0 Å². The summed E-state index contributed by atoms with van der Waals surface area (Å²) in [5.74, 6) is -0.235. The van der Waals surface area contributed by atoms with Crippen LogP contribution in [0.5, 0.6) is 11.6 Å². The highest BCUT2D eigenvalue weighted by Gasteiger charge is 2.20. The molecule has 8 nitrogen and oxygen atoms in total. The van der Waals surface area contributed by atoms with Crippen molar-refractivity contribution in [1.29, 1.82) is 0 Å². The Morgan fingerprint density at radius 1 is 1.24 bits per heavy atom. The van der Waals surface area contributed by atoms with Gasteiger partial charge in [0.15, 0.2) is 5.13 Å². The number of aromatic hydroxyl groups is 1. The van der Waals surface area contributed by atoms with E-state index in [0.717, 1.165) is 37.3 Å². The molecule has 1 amide bonds. The fraction of sp³-hybridized carbons (Fsp3) is 0.217. The van der Waals surface area contributed by atoms with Gasteiger partial charge in [0.05, 0.1) is 18.5 Å². The van der Waals surface area contributed by atoms with E-state index in [1.807, 2.05) is 12.1 Å². The number of hydrogen-bond donors (Lipinski definition) is 3. The number of thiazole rings is 1. The van der Waals surface area contributed by atoms with Gasteiger partial charge in [0, 0.05) is 48.5 Å². The first-order valence-corrected chi connectivity index (χ1v) is 11.3. The van der Waals surface area contributed by atoms with Gasteiger partial charge >= 0.3 is 0 Å². The van der Waals surface area contributed by atoms with Crippen LogP contribution in [-0.2, 0) is 0 Å². The van der Waals surface area contributed by atoms with Gasteiger partial charge in [-0.1, -0.05) is 0 Å². The lowest BCUT2D eigenvalue weighted by Crippen LogP contribution is -2.43. The normalized spacial score (nSPS) is 13.9. The van der Waals surface area contributed by atoms with Gasteiger partial charge in [-0.2, -0.15) is 0 Å². The zero-order valence-electron chi connectivity index (χ0n) is 17.8. The first-order chi connectivity index (χ1) is 16.0. The van der Waals surface area contributed by atoms with Gasteiger partial charge < -0.3 is 25.4 Å². The van der Waals surface area contributed by atoms with Gasteiger partial charge in [-0.15, -0.1) is 11.3 Å². The third kappa shape index (κ3) is 4.10. The maximum Gasteiger partial charge on any atom is 0.275 e. The first-order valence-electron chi connectivity index (χ1n) is 10.4. The van der Waals surface area contributed by atoms with Gasteiger partial charge in [0.1, 0.15) is 17.3 Å². The monoisotopic (exact) mass is 467 g/mol. The number of piperazine rings is 1. The topological polar surface area (TPSA) is 91.7 Å². The predicted octanol–water partition coefficient (Wildman–Crippen LogP) is 3.60. The maximum absolute atomic E-state index is 14.0. The van der Waals surface area contributed by atoms with Crippen molar-refractivity contribution in [2.45, 2.75) is 0 Å². The van der Waals surface area contributed by atoms with Crippen molar-refractivity contribution in [3.8, 4) is 16.8 Å². The zero-order valence-corrected chi connectivity index (χ0v) is 18.7. The lowest BCUT2D eigenvalue weighted by atomic mass is 10.2. The van der Waals surface area contributed by atoms with Crippen LogP contribution in [0.15, 0.2) is 48.0 Å². The minimum absolute atomic E-state index is 0.0105. The maximum atomic E-state index is 14.0. The number of methoxy groups -OCH3 is 1. The summed E-state index contributed by atoms with van der Waals surface area (Å²) in [6.07, 6.45) is 1.75. The number of hydrogen-bond acceptors (Lipinski definition) is 7. The molecule has 4 aromatic rings. The zero-order chi connectivity index (χ0) is 22.9. The lowest BCUT2D eigenvalue weighted by Gasteiger charge is -2.31. The lowest BCUT2D eigenvalue weighted by molar-refractivity contribution is 0.102. The number of carbonyl (C=O) groups excluding carboxylic acids is 1. The molecule has 2 aromatic heterocycles. The molecular weight excluding hydrogens is 445 g/mol. The Morgan fingerprint density at radius 2 is 2.06 bits per heavy atom. The van der Waals surface area contributed by atoms with E-state index < -0.39 is 11.7 Å². The van der Waals surface area contributed by atoms with Crippen molar-refractivity contribution in [3.63, 3.8) is 0 Å². The Labute approximate surface area is 193 Å². The number of aromatic nitrogens is 2. The molecule has 3 N–H and O–H groups in total. The summed E-state index contributed by atoms with van der Waals surface area (Å²) in [7, 11) is 1.56.